The van der Waals surface area contributed by atoms with Crippen LogP contribution in [0.15, 0.2) is 42.5 Å². The van der Waals surface area contributed by atoms with Crippen LogP contribution in [0.3, 0.4) is 0 Å². The molecule has 4 nitrogen and oxygen atoms in total. The molecule has 2 N–H and O–H groups in total. The van der Waals surface area contributed by atoms with Crippen LogP contribution in [0.25, 0.3) is 0 Å². The lowest BCUT2D eigenvalue weighted by atomic mass is 10.1. The van der Waals surface area contributed by atoms with Crippen LogP contribution in [0.2, 0.25) is 0 Å². The first-order chi connectivity index (χ1) is 11.6. The summed E-state index contributed by atoms with van der Waals surface area (Å²) in [4.78, 5) is 12.0. The molecule has 2 aromatic carbocycles. The summed E-state index contributed by atoms with van der Waals surface area (Å²) < 4.78 is 5.22. The highest BCUT2D eigenvalue weighted by molar-refractivity contribution is 5.91. The Morgan fingerprint density at radius 2 is 1.88 bits per heavy atom. The summed E-state index contributed by atoms with van der Waals surface area (Å²) in [7, 11) is 1.67. The van der Waals surface area contributed by atoms with E-state index in [9.17, 15) is 4.79 Å². The van der Waals surface area contributed by atoms with E-state index in [1.165, 1.54) is 11.1 Å². The fourth-order valence-electron chi connectivity index (χ4n) is 2.49. The zero-order valence-electron chi connectivity index (χ0n) is 14.7. The zero-order chi connectivity index (χ0) is 17.4. The number of carbonyl (C=O) groups is 1. The number of methoxy groups -OCH3 is 1. The normalized spacial score (nSPS) is 10.5. The van der Waals surface area contributed by atoms with Crippen LogP contribution >= 0.6 is 0 Å². The number of aryl methyl sites for hydroxylation is 1. The largest absolute Gasteiger partial charge is 0.497 e. The van der Waals surface area contributed by atoms with Crippen molar-refractivity contribution < 1.29 is 9.53 Å². The third kappa shape index (κ3) is 5.39. The lowest BCUT2D eigenvalue weighted by Crippen LogP contribution is -2.23. The summed E-state index contributed by atoms with van der Waals surface area (Å²) in [6.07, 6.45) is 1.38. The van der Waals surface area contributed by atoms with Gasteiger partial charge in [0.2, 0.25) is 5.91 Å². The molecule has 0 aliphatic heterocycles. The van der Waals surface area contributed by atoms with Gasteiger partial charge < -0.3 is 15.4 Å². The predicted molar refractivity (Wildman–Crippen MR) is 98.7 cm³/mol. The summed E-state index contributed by atoms with van der Waals surface area (Å²) in [5, 5.41) is 6.29. The van der Waals surface area contributed by atoms with E-state index in [0.717, 1.165) is 30.0 Å². The van der Waals surface area contributed by atoms with E-state index in [1.54, 1.807) is 7.11 Å². The van der Waals surface area contributed by atoms with E-state index in [-0.39, 0.29) is 5.91 Å². The number of hydrogen-bond acceptors (Lipinski definition) is 3. The van der Waals surface area contributed by atoms with Gasteiger partial charge >= 0.3 is 0 Å². The fraction of sp³-hybridized carbons (Fsp3) is 0.350. The Morgan fingerprint density at radius 1 is 1.08 bits per heavy atom. The number of benzene rings is 2. The maximum absolute atomic E-state index is 12.0. The minimum absolute atomic E-state index is 0.0394. The third-order valence-electron chi connectivity index (χ3n) is 4.13. The van der Waals surface area contributed by atoms with Gasteiger partial charge in [-0.15, -0.1) is 0 Å². The average molecular weight is 326 g/mol. The quantitative estimate of drug-likeness (QED) is 0.730. The first-order valence-electron chi connectivity index (χ1n) is 8.30. The summed E-state index contributed by atoms with van der Waals surface area (Å²) in [5.74, 6) is 0.915. The first kappa shape index (κ1) is 18.0. The zero-order valence-corrected chi connectivity index (χ0v) is 14.7. The molecule has 0 aliphatic rings. The first-order valence-corrected chi connectivity index (χ1v) is 8.30. The number of carbonyl (C=O) groups excluding carboxylic acids is 1. The highest BCUT2D eigenvalue weighted by Crippen LogP contribution is 2.18. The van der Waals surface area contributed by atoms with Gasteiger partial charge in [-0.1, -0.05) is 24.3 Å². The molecule has 24 heavy (non-hydrogen) atoms. The van der Waals surface area contributed by atoms with Crippen molar-refractivity contribution in [1.82, 2.24) is 5.32 Å². The van der Waals surface area contributed by atoms with E-state index >= 15 is 0 Å². The SMILES string of the molecule is COc1cccc(CCNCCC(=O)Nc2cccc(C)c2C)c1. The molecular formula is C20H26N2O2. The molecule has 0 radical (unpaired) electrons. The fourth-order valence-corrected chi connectivity index (χ4v) is 2.49. The van der Waals surface area contributed by atoms with E-state index < -0.39 is 0 Å². The summed E-state index contributed by atoms with van der Waals surface area (Å²) in [6.45, 7) is 5.58. The van der Waals surface area contributed by atoms with Gasteiger partial charge in [0.1, 0.15) is 5.75 Å². The molecule has 0 aliphatic carbocycles. The Bertz CT molecular complexity index is 683. The Balaban J connectivity index is 1.68. The lowest BCUT2D eigenvalue weighted by molar-refractivity contribution is -0.116. The summed E-state index contributed by atoms with van der Waals surface area (Å²) >= 11 is 0. The van der Waals surface area contributed by atoms with Crippen LogP contribution in [0.1, 0.15) is 23.1 Å². The molecule has 4 heteroatoms. The highest BCUT2D eigenvalue weighted by Gasteiger charge is 2.05. The molecule has 0 saturated carbocycles. The molecule has 0 heterocycles. The van der Waals surface area contributed by atoms with Gasteiger partial charge in [0.15, 0.2) is 0 Å². The van der Waals surface area contributed by atoms with Crippen molar-refractivity contribution in [3.63, 3.8) is 0 Å². The average Bonchev–Trinajstić information content (AvgIpc) is 2.59. The predicted octanol–water partition coefficient (Wildman–Crippen LogP) is 3.47. The van der Waals surface area contributed by atoms with Crippen LogP contribution in [-0.4, -0.2) is 26.1 Å². The van der Waals surface area contributed by atoms with Gasteiger partial charge in [-0.2, -0.15) is 0 Å². The number of anilines is 1. The van der Waals surface area contributed by atoms with Crippen molar-refractivity contribution in [1.29, 1.82) is 0 Å². The standard InChI is InChI=1S/C20H26N2O2/c1-15-6-4-9-19(16(15)2)22-20(23)11-13-21-12-10-17-7-5-8-18(14-17)24-3/h4-9,14,21H,10-13H2,1-3H3,(H,22,23). The molecule has 2 rings (SSSR count). The van der Waals surface area contributed by atoms with Crippen molar-refractivity contribution in [2.45, 2.75) is 26.7 Å². The van der Waals surface area contributed by atoms with Crippen LogP contribution in [0.5, 0.6) is 5.75 Å². The minimum Gasteiger partial charge on any atom is -0.497 e. The van der Waals surface area contributed by atoms with Gasteiger partial charge in [0.05, 0.1) is 7.11 Å². The lowest BCUT2D eigenvalue weighted by Gasteiger charge is -2.11. The molecule has 0 atom stereocenters. The maximum Gasteiger partial charge on any atom is 0.225 e. The molecule has 0 fully saturated rings. The van der Waals surface area contributed by atoms with E-state index in [2.05, 4.69) is 16.7 Å². The maximum atomic E-state index is 12.0. The van der Waals surface area contributed by atoms with Crippen molar-refractivity contribution in [3.05, 3.63) is 59.2 Å². The van der Waals surface area contributed by atoms with E-state index in [1.807, 2.05) is 50.2 Å². The Kier molecular flexibility index (Phi) is 6.82. The molecule has 0 saturated heterocycles. The van der Waals surface area contributed by atoms with Crippen LogP contribution < -0.4 is 15.4 Å². The van der Waals surface area contributed by atoms with Gasteiger partial charge in [-0.3, -0.25) is 4.79 Å². The van der Waals surface area contributed by atoms with Gasteiger partial charge in [0, 0.05) is 18.7 Å². The molecule has 0 spiro atoms. The number of ether oxygens (including phenoxy) is 1. The molecule has 0 bridgehead atoms. The molecule has 128 valence electrons. The second kappa shape index (κ2) is 9.08. The van der Waals surface area contributed by atoms with Gasteiger partial charge in [-0.25, -0.2) is 0 Å². The molecule has 0 aromatic heterocycles. The smallest absolute Gasteiger partial charge is 0.225 e. The van der Waals surface area contributed by atoms with Crippen molar-refractivity contribution in [2.24, 2.45) is 0 Å². The van der Waals surface area contributed by atoms with Crippen molar-refractivity contribution in [2.75, 3.05) is 25.5 Å². The Morgan fingerprint density at radius 3 is 2.67 bits per heavy atom. The van der Waals surface area contributed by atoms with Gasteiger partial charge in [-0.05, 0) is 61.7 Å². The van der Waals surface area contributed by atoms with E-state index in [0.29, 0.717) is 13.0 Å². The number of amides is 1. The van der Waals surface area contributed by atoms with Crippen molar-refractivity contribution in [3.8, 4) is 5.75 Å². The van der Waals surface area contributed by atoms with Crippen LogP contribution in [-0.2, 0) is 11.2 Å². The summed E-state index contributed by atoms with van der Waals surface area (Å²) in [6, 6.07) is 14.0. The monoisotopic (exact) mass is 326 g/mol. The number of nitrogens with one attached hydrogen (secondary N) is 2. The molecule has 0 unspecified atom stereocenters. The number of rotatable bonds is 8. The minimum atomic E-state index is 0.0394. The van der Waals surface area contributed by atoms with Crippen LogP contribution in [0, 0.1) is 13.8 Å². The number of hydrogen-bond donors (Lipinski definition) is 2. The summed E-state index contributed by atoms with van der Waals surface area (Å²) in [5.41, 5.74) is 4.43. The van der Waals surface area contributed by atoms with Crippen molar-refractivity contribution >= 4 is 11.6 Å². The molecular weight excluding hydrogens is 300 g/mol. The molecule has 2 aromatic rings. The van der Waals surface area contributed by atoms with Gasteiger partial charge in [0.25, 0.3) is 0 Å². The Labute approximate surface area is 144 Å². The Hall–Kier alpha value is -2.33. The van der Waals surface area contributed by atoms with Crippen LogP contribution in [0.4, 0.5) is 5.69 Å². The second-order valence-corrected chi connectivity index (χ2v) is 5.90. The second-order valence-electron chi connectivity index (χ2n) is 5.90. The topological polar surface area (TPSA) is 50.4 Å². The third-order valence-corrected chi connectivity index (χ3v) is 4.13. The van der Waals surface area contributed by atoms with E-state index in [4.69, 9.17) is 4.74 Å². The highest BCUT2D eigenvalue weighted by atomic mass is 16.5. The molecule has 1 amide bonds.